The maximum Gasteiger partial charge on any atom is 0.224 e. The van der Waals surface area contributed by atoms with Crippen molar-refractivity contribution >= 4 is 46.3 Å². The molecule has 5 N–H and O–H groups in total. The lowest BCUT2D eigenvalue weighted by molar-refractivity contribution is -0.122. The first-order valence-corrected chi connectivity index (χ1v) is 12.8. The number of nitrogens with zero attached hydrogens (tertiary/aromatic N) is 5. The highest BCUT2D eigenvalue weighted by Gasteiger charge is 2.30. The molecule has 37 heavy (non-hydrogen) atoms. The molecule has 2 saturated carbocycles. The van der Waals surface area contributed by atoms with Gasteiger partial charge < -0.3 is 21.5 Å². The molecule has 3 aromatic rings. The average Bonchev–Trinajstić information content (AvgIpc) is 3.23. The second kappa shape index (κ2) is 10.5. The summed E-state index contributed by atoms with van der Waals surface area (Å²) in [6, 6.07) is 4.38. The van der Waals surface area contributed by atoms with Crippen molar-refractivity contribution in [3.63, 3.8) is 0 Å². The number of hydrogen-bond acceptors (Lipinski definition) is 8. The molecule has 1 amide bonds. The van der Waals surface area contributed by atoms with Crippen molar-refractivity contribution < 1.29 is 14.3 Å². The number of nitrogens with two attached hydrogens (primary N) is 1. The van der Waals surface area contributed by atoms with Crippen molar-refractivity contribution in [2.75, 3.05) is 10.6 Å². The number of aliphatic hydroxyl groups excluding tert-OH is 1. The van der Waals surface area contributed by atoms with Gasteiger partial charge in [0.05, 0.1) is 34.6 Å². The molecule has 194 valence electrons. The van der Waals surface area contributed by atoms with Crippen molar-refractivity contribution in [1.82, 2.24) is 19.5 Å². The Bertz CT molecular complexity index is 1340. The number of amides is 1. The van der Waals surface area contributed by atoms with Crippen LogP contribution in [0.1, 0.15) is 63.0 Å². The second-order valence-corrected chi connectivity index (χ2v) is 10.2. The highest BCUT2D eigenvalue weighted by molar-refractivity contribution is 6.33. The Balaban J connectivity index is 1.52. The Labute approximate surface area is 218 Å². The molecule has 1 aromatic carbocycles. The fourth-order valence-corrected chi connectivity index (χ4v) is 5.61. The fraction of sp³-hybridized carbons (Fsp3) is 0.480. The van der Waals surface area contributed by atoms with Crippen molar-refractivity contribution in [3.8, 4) is 6.07 Å². The number of aliphatic hydroxyl groups is 1. The van der Waals surface area contributed by atoms with Gasteiger partial charge in [0.15, 0.2) is 5.65 Å². The van der Waals surface area contributed by atoms with Crippen LogP contribution in [0.3, 0.4) is 0 Å². The van der Waals surface area contributed by atoms with E-state index >= 15 is 0 Å². The van der Waals surface area contributed by atoms with Crippen LogP contribution in [-0.4, -0.2) is 42.7 Å². The fourth-order valence-electron chi connectivity index (χ4n) is 5.36. The number of fused-ring (bicyclic) bond motifs is 1. The molecule has 2 fully saturated rings. The lowest BCUT2D eigenvalue weighted by atomic mass is 9.85. The molecule has 0 saturated heterocycles. The predicted octanol–water partition coefficient (Wildman–Crippen LogP) is 4.17. The molecular formula is C25H28ClFN8O2. The van der Waals surface area contributed by atoms with E-state index in [1.807, 2.05) is 10.6 Å². The van der Waals surface area contributed by atoms with Crippen LogP contribution in [0.5, 0.6) is 0 Å². The zero-order chi connectivity index (χ0) is 26.1. The average molecular weight is 527 g/mol. The number of anilines is 3. The number of aromatic nitrogens is 4. The Kier molecular flexibility index (Phi) is 7.13. The summed E-state index contributed by atoms with van der Waals surface area (Å²) in [4.78, 5) is 25.5. The molecule has 2 heterocycles. The molecule has 5 rings (SSSR count). The van der Waals surface area contributed by atoms with Crippen LogP contribution in [0.2, 0.25) is 5.02 Å². The van der Waals surface area contributed by atoms with Gasteiger partial charge in [0, 0.05) is 18.0 Å². The number of benzene rings is 1. The Morgan fingerprint density at radius 3 is 2.68 bits per heavy atom. The smallest absolute Gasteiger partial charge is 0.224 e. The molecular weight excluding hydrogens is 499 g/mol. The molecule has 10 nitrogen and oxygen atoms in total. The molecule has 2 aliphatic rings. The van der Waals surface area contributed by atoms with Crippen molar-refractivity contribution in [2.45, 2.75) is 69.6 Å². The van der Waals surface area contributed by atoms with Crippen LogP contribution in [0, 0.1) is 23.1 Å². The first-order valence-electron chi connectivity index (χ1n) is 12.5. The van der Waals surface area contributed by atoms with Crippen molar-refractivity contribution in [2.24, 2.45) is 11.7 Å². The number of carbonyl (C=O) groups excluding carboxylic acids is 1. The van der Waals surface area contributed by atoms with E-state index in [4.69, 9.17) is 27.6 Å². The van der Waals surface area contributed by atoms with E-state index in [0.29, 0.717) is 55.2 Å². The second-order valence-electron chi connectivity index (χ2n) is 9.83. The molecule has 0 spiro atoms. The van der Waals surface area contributed by atoms with Crippen LogP contribution in [0.25, 0.3) is 11.2 Å². The standard InChI is InChI=1S/C25H28ClFN8O2/c26-18-8-13(11-28)9-19(27)21(18)33-25-32-20-12-30-24(31-15-2-1-3-17(36)10-15)34-23(20)35(25)16-6-4-14(5-7-16)22(29)37/h8-9,12,14-17,36H,1-7,10H2,(H2,29,37)(H,32,33)(H,30,31,34)/t14?,15-,16?,17-/m1/s1. The third-order valence-electron chi connectivity index (χ3n) is 7.28. The van der Waals surface area contributed by atoms with E-state index in [2.05, 4.69) is 20.6 Å². The zero-order valence-electron chi connectivity index (χ0n) is 20.1. The summed E-state index contributed by atoms with van der Waals surface area (Å²) in [6.07, 6.45) is 7.11. The van der Waals surface area contributed by atoms with E-state index in [1.165, 1.54) is 6.07 Å². The number of nitrogens with one attached hydrogen (secondary N) is 2. The number of carbonyl (C=O) groups is 1. The van der Waals surface area contributed by atoms with Gasteiger partial charge in [-0.05, 0) is 63.5 Å². The highest BCUT2D eigenvalue weighted by Crippen LogP contribution is 2.38. The molecule has 0 unspecified atom stereocenters. The topological polar surface area (TPSA) is 155 Å². The molecule has 0 radical (unpaired) electrons. The number of halogens is 2. The number of primary amides is 1. The van der Waals surface area contributed by atoms with Crippen LogP contribution < -0.4 is 16.4 Å². The summed E-state index contributed by atoms with van der Waals surface area (Å²) in [6.45, 7) is 0. The summed E-state index contributed by atoms with van der Waals surface area (Å²) in [5, 5.41) is 25.5. The van der Waals surface area contributed by atoms with E-state index < -0.39 is 5.82 Å². The van der Waals surface area contributed by atoms with Gasteiger partial charge in [0.25, 0.3) is 0 Å². The van der Waals surface area contributed by atoms with Gasteiger partial charge in [-0.25, -0.2) is 14.4 Å². The van der Waals surface area contributed by atoms with Crippen molar-refractivity contribution in [1.29, 1.82) is 5.26 Å². The molecule has 2 atom stereocenters. The summed E-state index contributed by atoms with van der Waals surface area (Å²) < 4.78 is 16.8. The first-order chi connectivity index (χ1) is 17.8. The van der Waals surface area contributed by atoms with Gasteiger partial charge >= 0.3 is 0 Å². The van der Waals surface area contributed by atoms with Crippen molar-refractivity contribution in [3.05, 3.63) is 34.7 Å². The molecule has 12 heteroatoms. The summed E-state index contributed by atoms with van der Waals surface area (Å²) in [5.41, 5.74) is 6.72. The van der Waals surface area contributed by atoms with E-state index in [-0.39, 0.29) is 46.3 Å². The Morgan fingerprint density at radius 2 is 2.00 bits per heavy atom. The molecule has 2 aliphatic carbocycles. The number of hydrogen-bond donors (Lipinski definition) is 4. The first kappa shape index (κ1) is 25.2. The Hall–Kier alpha value is -3.49. The summed E-state index contributed by atoms with van der Waals surface area (Å²) in [5.74, 6) is -0.403. The van der Waals surface area contributed by atoms with Crippen LogP contribution in [0.4, 0.5) is 22.0 Å². The number of nitriles is 1. The van der Waals surface area contributed by atoms with Gasteiger partial charge in [-0.1, -0.05) is 11.6 Å². The van der Waals surface area contributed by atoms with Crippen LogP contribution in [-0.2, 0) is 4.79 Å². The quantitative estimate of drug-likeness (QED) is 0.373. The van der Waals surface area contributed by atoms with Gasteiger partial charge in [0.2, 0.25) is 17.8 Å². The van der Waals surface area contributed by atoms with Crippen LogP contribution in [0.15, 0.2) is 18.3 Å². The van der Waals surface area contributed by atoms with Gasteiger partial charge in [0.1, 0.15) is 11.3 Å². The number of rotatable bonds is 6. The predicted molar refractivity (Wildman–Crippen MR) is 137 cm³/mol. The lowest BCUT2D eigenvalue weighted by Gasteiger charge is -2.29. The SMILES string of the molecule is N#Cc1cc(F)c(Nc2nc3cnc(N[C@@H]4CCC[C@@H](O)C4)nc3n2C2CCC(C(N)=O)CC2)c(Cl)c1. The largest absolute Gasteiger partial charge is 0.393 e. The van der Waals surface area contributed by atoms with E-state index in [9.17, 15) is 14.3 Å². The minimum Gasteiger partial charge on any atom is -0.393 e. The zero-order valence-corrected chi connectivity index (χ0v) is 20.9. The van der Waals surface area contributed by atoms with E-state index in [1.54, 1.807) is 6.20 Å². The monoisotopic (exact) mass is 526 g/mol. The lowest BCUT2D eigenvalue weighted by Crippen LogP contribution is -2.30. The Morgan fingerprint density at radius 1 is 1.22 bits per heavy atom. The molecule has 0 bridgehead atoms. The maximum absolute atomic E-state index is 14.9. The molecule has 2 aromatic heterocycles. The van der Waals surface area contributed by atoms with Gasteiger partial charge in [-0.15, -0.1) is 0 Å². The van der Waals surface area contributed by atoms with E-state index in [0.717, 1.165) is 25.3 Å². The minimum atomic E-state index is -0.676. The minimum absolute atomic E-state index is 0.00513. The molecule has 0 aliphatic heterocycles. The highest BCUT2D eigenvalue weighted by atomic mass is 35.5. The van der Waals surface area contributed by atoms with Gasteiger partial charge in [-0.2, -0.15) is 10.2 Å². The maximum atomic E-state index is 14.9. The summed E-state index contributed by atoms with van der Waals surface area (Å²) in [7, 11) is 0. The third-order valence-corrected chi connectivity index (χ3v) is 7.58. The number of imidazole rings is 1. The normalized spacial score (nSPS) is 23.9. The third kappa shape index (κ3) is 5.31. The van der Waals surface area contributed by atoms with Crippen LogP contribution >= 0.6 is 11.6 Å². The summed E-state index contributed by atoms with van der Waals surface area (Å²) >= 11 is 6.30. The van der Waals surface area contributed by atoms with Gasteiger partial charge in [-0.3, -0.25) is 9.36 Å².